The zero-order chi connectivity index (χ0) is 24.0. The Kier molecular flexibility index (Phi) is 8.46. The van der Waals surface area contributed by atoms with Crippen molar-refractivity contribution in [3.05, 3.63) is 63.5 Å². The normalized spacial score (nSPS) is 12.9. The number of nitrogens with two attached hydrogens (primary N) is 1. The molecule has 0 unspecified atom stereocenters. The summed E-state index contributed by atoms with van der Waals surface area (Å²) in [5.74, 6) is 0.000683. The number of benzene rings is 1. The molecule has 0 radical (unpaired) electrons. The summed E-state index contributed by atoms with van der Waals surface area (Å²) in [7, 11) is -3.79. The number of halogens is 2. The first-order valence-corrected chi connectivity index (χ1v) is 12.7. The number of aliphatic carboxylic acids is 1. The number of hydrogen-bond acceptors (Lipinski definition) is 6. The summed E-state index contributed by atoms with van der Waals surface area (Å²) in [4.78, 5) is 14.2. The van der Waals surface area contributed by atoms with Gasteiger partial charge in [-0.3, -0.25) is 9.48 Å². The van der Waals surface area contributed by atoms with Crippen molar-refractivity contribution in [3.63, 3.8) is 0 Å². The first-order chi connectivity index (χ1) is 15.6. The molecule has 3 aromatic rings. The van der Waals surface area contributed by atoms with Gasteiger partial charge in [0, 0.05) is 10.7 Å². The van der Waals surface area contributed by atoms with Crippen LogP contribution in [0.4, 0.5) is 0 Å². The van der Waals surface area contributed by atoms with Crippen LogP contribution in [0.2, 0.25) is 5.02 Å². The van der Waals surface area contributed by atoms with E-state index in [1.165, 1.54) is 30.2 Å². The van der Waals surface area contributed by atoms with Gasteiger partial charge in [-0.2, -0.15) is 5.10 Å². The number of nitrogens with zero attached hydrogens (tertiary/aromatic N) is 3. The SMILES string of the molecule is NS(=O)(=O)c1cnc(Oc2ccc(Cl)cc2)c(Br)c1.O=C(O)CCn1ncc2c1CCCC2. The van der Waals surface area contributed by atoms with Gasteiger partial charge in [-0.05, 0) is 77.5 Å². The topological polar surface area (TPSA) is 137 Å². The largest absolute Gasteiger partial charge is 0.481 e. The van der Waals surface area contributed by atoms with Crippen molar-refractivity contribution in [3.8, 4) is 11.6 Å². The van der Waals surface area contributed by atoms with Gasteiger partial charge in [0.1, 0.15) is 10.6 Å². The molecule has 0 spiro atoms. The summed E-state index contributed by atoms with van der Waals surface area (Å²) in [6, 6.07) is 8.01. The maximum Gasteiger partial charge on any atom is 0.305 e. The quantitative estimate of drug-likeness (QED) is 0.464. The lowest BCUT2D eigenvalue weighted by Crippen LogP contribution is -2.12. The van der Waals surface area contributed by atoms with E-state index >= 15 is 0 Å². The number of sulfonamides is 1. The summed E-state index contributed by atoms with van der Waals surface area (Å²) in [5, 5.41) is 18.4. The highest BCUT2D eigenvalue weighted by atomic mass is 79.9. The molecule has 0 atom stereocenters. The van der Waals surface area contributed by atoms with Gasteiger partial charge in [-0.15, -0.1) is 0 Å². The van der Waals surface area contributed by atoms with Crippen molar-refractivity contribution in [2.45, 2.75) is 43.5 Å². The van der Waals surface area contributed by atoms with E-state index in [1.54, 1.807) is 24.3 Å². The highest BCUT2D eigenvalue weighted by Crippen LogP contribution is 2.29. The third kappa shape index (κ3) is 7.26. The Morgan fingerprint density at radius 1 is 1.21 bits per heavy atom. The Balaban J connectivity index is 0.000000194. The van der Waals surface area contributed by atoms with Crippen LogP contribution in [0.5, 0.6) is 11.6 Å². The molecule has 2 aromatic heterocycles. The summed E-state index contributed by atoms with van der Waals surface area (Å²) in [6.45, 7) is 0.505. The smallest absolute Gasteiger partial charge is 0.305 e. The molecule has 2 heterocycles. The van der Waals surface area contributed by atoms with E-state index in [1.807, 2.05) is 10.9 Å². The number of hydrogen-bond donors (Lipinski definition) is 2. The van der Waals surface area contributed by atoms with Crippen molar-refractivity contribution in [2.24, 2.45) is 5.14 Å². The van der Waals surface area contributed by atoms with Crippen LogP contribution in [0.25, 0.3) is 0 Å². The summed E-state index contributed by atoms with van der Waals surface area (Å²) >= 11 is 8.93. The van der Waals surface area contributed by atoms with Crippen LogP contribution >= 0.6 is 27.5 Å². The number of aryl methyl sites for hydroxylation is 2. The fourth-order valence-corrected chi connectivity index (χ4v) is 4.39. The molecule has 3 N–H and O–H groups in total. The van der Waals surface area contributed by atoms with Gasteiger partial charge in [0.25, 0.3) is 0 Å². The number of primary sulfonamides is 1. The zero-order valence-electron chi connectivity index (χ0n) is 17.4. The third-order valence-electron chi connectivity index (χ3n) is 4.82. The molecule has 33 heavy (non-hydrogen) atoms. The molecular weight excluding hydrogens is 536 g/mol. The molecule has 4 rings (SSSR count). The Morgan fingerprint density at radius 2 is 1.91 bits per heavy atom. The van der Waals surface area contributed by atoms with Crippen LogP contribution in [-0.2, 0) is 34.2 Å². The van der Waals surface area contributed by atoms with Crippen molar-refractivity contribution in [1.82, 2.24) is 14.8 Å². The number of ether oxygens (including phenoxy) is 1. The number of carboxylic acids is 1. The Morgan fingerprint density at radius 3 is 2.55 bits per heavy atom. The minimum atomic E-state index is -3.79. The van der Waals surface area contributed by atoms with Gasteiger partial charge in [0.15, 0.2) is 0 Å². The van der Waals surface area contributed by atoms with Crippen molar-refractivity contribution in [1.29, 1.82) is 0 Å². The first kappa shape index (κ1) is 25.2. The minimum Gasteiger partial charge on any atom is -0.481 e. The summed E-state index contributed by atoms with van der Waals surface area (Å²) in [5.41, 5.74) is 2.55. The molecule has 9 nitrogen and oxygen atoms in total. The van der Waals surface area contributed by atoms with Crippen LogP contribution in [-0.4, -0.2) is 34.3 Å². The van der Waals surface area contributed by atoms with Gasteiger partial charge >= 0.3 is 5.97 Å². The Labute approximate surface area is 204 Å². The molecule has 1 aliphatic carbocycles. The fourth-order valence-electron chi connectivity index (χ4n) is 3.20. The maximum atomic E-state index is 11.2. The van der Waals surface area contributed by atoms with E-state index in [4.69, 9.17) is 26.6 Å². The van der Waals surface area contributed by atoms with Crippen LogP contribution in [0.15, 0.2) is 52.1 Å². The van der Waals surface area contributed by atoms with Gasteiger partial charge in [0.2, 0.25) is 15.9 Å². The molecule has 176 valence electrons. The average Bonchev–Trinajstić information content (AvgIpc) is 3.18. The van der Waals surface area contributed by atoms with E-state index in [-0.39, 0.29) is 17.2 Å². The highest BCUT2D eigenvalue weighted by Gasteiger charge is 2.15. The number of fused-ring (bicyclic) bond motifs is 1. The predicted molar refractivity (Wildman–Crippen MR) is 126 cm³/mol. The number of carbonyl (C=O) groups is 1. The lowest BCUT2D eigenvalue weighted by atomic mass is 9.98. The summed E-state index contributed by atoms with van der Waals surface area (Å²) in [6.07, 6.45) is 7.76. The Bertz CT molecular complexity index is 1230. The molecule has 0 saturated heterocycles. The first-order valence-electron chi connectivity index (χ1n) is 10.0. The van der Waals surface area contributed by atoms with Crippen LogP contribution in [0, 0.1) is 0 Å². The molecule has 0 amide bonds. The van der Waals surface area contributed by atoms with E-state index in [2.05, 4.69) is 26.0 Å². The molecule has 12 heteroatoms. The molecule has 0 fully saturated rings. The molecule has 1 aromatic carbocycles. The number of rotatable bonds is 6. The molecule has 0 aliphatic heterocycles. The molecule has 0 bridgehead atoms. The maximum absolute atomic E-state index is 11.2. The highest BCUT2D eigenvalue weighted by molar-refractivity contribution is 9.10. The molecular formula is C21H22BrClN4O5S. The minimum absolute atomic E-state index is 0.0946. The van der Waals surface area contributed by atoms with Crippen LogP contribution in [0.1, 0.15) is 30.5 Å². The lowest BCUT2D eigenvalue weighted by molar-refractivity contribution is -0.137. The second kappa shape index (κ2) is 11.1. The van der Waals surface area contributed by atoms with Crippen molar-refractivity contribution in [2.75, 3.05) is 0 Å². The second-order valence-electron chi connectivity index (χ2n) is 7.25. The zero-order valence-corrected chi connectivity index (χ0v) is 20.6. The molecule has 1 aliphatic rings. The third-order valence-corrected chi connectivity index (χ3v) is 6.52. The average molecular weight is 558 g/mol. The van der Waals surface area contributed by atoms with Crippen molar-refractivity contribution >= 4 is 43.5 Å². The Hall–Kier alpha value is -2.47. The fraction of sp³-hybridized carbons (Fsp3) is 0.286. The standard InChI is InChI=1S/C11H8BrClN2O3S.C10H14N2O2/c12-10-5-9(19(14,16)17)6-15-11(10)18-8-3-1-7(13)2-4-8;13-10(14)5-6-12-9-4-2-1-3-8(9)7-11-12/h1-6H,(H2,14,16,17);7H,1-6H2,(H,13,14). The summed E-state index contributed by atoms with van der Waals surface area (Å²) < 4.78 is 30.0. The molecule has 0 saturated carbocycles. The van der Waals surface area contributed by atoms with Crippen LogP contribution in [0.3, 0.4) is 0 Å². The van der Waals surface area contributed by atoms with Gasteiger partial charge in [-0.1, -0.05) is 11.6 Å². The van der Waals surface area contributed by atoms with E-state index in [0.717, 1.165) is 19.0 Å². The predicted octanol–water partition coefficient (Wildman–Crippen LogP) is 4.17. The van der Waals surface area contributed by atoms with Gasteiger partial charge < -0.3 is 9.84 Å². The van der Waals surface area contributed by atoms with Gasteiger partial charge in [-0.25, -0.2) is 18.5 Å². The van der Waals surface area contributed by atoms with Crippen molar-refractivity contribution < 1.29 is 23.1 Å². The number of carboxylic acid groups (broad SMARTS) is 1. The lowest BCUT2D eigenvalue weighted by Gasteiger charge is -2.13. The second-order valence-corrected chi connectivity index (χ2v) is 10.1. The number of pyridine rings is 1. The van der Waals surface area contributed by atoms with Crippen LogP contribution < -0.4 is 9.88 Å². The van der Waals surface area contributed by atoms with E-state index in [0.29, 0.717) is 21.8 Å². The van der Waals surface area contributed by atoms with Gasteiger partial charge in [0.05, 0.1) is 29.8 Å². The van der Waals surface area contributed by atoms with E-state index < -0.39 is 16.0 Å². The monoisotopic (exact) mass is 556 g/mol. The number of aromatic nitrogens is 3. The van der Waals surface area contributed by atoms with E-state index in [9.17, 15) is 13.2 Å².